The van der Waals surface area contributed by atoms with Crippen LogP contribution in [0.2, 0.25) is 0 Å². The fourth-order valence-corrected chi connectivity index (χ4v) is 2.58. The van der Waals surface area contributed by atoms with E-state index >= 15 is 0 Å². The van der Waals surface area contributed by atoms with Crippen LogP contribution in [0.5, 0.6) is 0 Å². The summed E-state index contributed by atoms with van der Waals surface area (Å²) in [7, 11) is 0. The topological polar surface area (TPSA) is 20.2 Å². The van der Waals surface area contributed by atoms with Crippen LogP contribution in [0.25, 0.3) is 0 Å². The Morgan fingerprint density at radius 2 is 0.905 bits per heavy atom. The molecule has 21 heavy (non-hydrogen) atoms. The molecule has 0 aromatic heterocycles. The molecular formula is C20H38O. The summed E-state index contributed by atoms with van der Waals surface area (Å²) in [6.07, 6.45) is 27.7. The Morgan fingerprint density at radius 3 is 1.33 bits per heavy atom. The molecule has 124 valence electrons. The molecule has 1 heteroatoms. The number of hydrogen-bond acceptors (Lipinski definition) is 1. The van der Waals surface area contributed by atoms with Gasteiger partial charge in [-0.1, -0.05) is 82.9 Å². The van der Waals surface area contributed by atoms with E-state index in [1.807, 2.05) is 6.08 Å². The molecule has 0 atom stereocenters. The van der Waals surface area contributed by atoms with E-state index in [-0.39, 0.29) is 0 Å². The fourth-order valence-electron chi connectivity index (χ4n) is 2.58. The zero-order chi connectivity index (χ0) is 15.4. The van der Waals surface area contributed by atoms with E-state index in [0.717, 1.165) is 6.42 Å². The maximum Gasteiger partial charge on any atom is 0.0751 e. The van der Waals surface area contributed by atoms with Gasteiger partial charge in [-0.05, 0) is 38.5 Å². The predicted molar refractivity (Wildman–Crippen MR) is 95.8 cm³/mol. The van der Waals surface area contributed by atoms with Crippen LogP contribution in [0.15, 0.2) is 24.5 Å². The van der Waals surface area contributed by atoms with E-state index < -0.39 is 0 Å². The van der Waals surface area contributed by atoms with Gasteiger partial charge in [0, 0.05) is 0 Å². The van der Waals surface area contributed by atoms with Crippen molar-refractivity contribution >= 4 is 0 Å². The summed E-state index contributed by atoms with van der Waals surface area (Å²) >= 11 is 0. The van der Waals surface area contributed by atoms with Crippen molar-refractivity contribution < 1.29 is 5.11 Å². The van der Waals surface area contributed by atoms with Gasteiger partial charge in [-0.25, -0.2) is 0 Å². The predicted octanol–water partition coefficient (Wildman–Crippen LogP) is 7.49. The Morgan fingerprint density at radius 1 is 0.524 bits per heavy atom. The smallest absolute Gasteiger partial charge is 0.0751 e. The van der Waals surface area contributed by atoms with Crippen molar-refractivity contribution in [2.45, 2.75) is 103 Å². The quantitative estimate of drug-likeness (QED) is 0.178. The maximum absolute atomic E-state index is 8.51. The third-order valence-corrected chi connectivity index (χ3v) is 3.99. The molecule has 0 aromatic carbocycles. The molecule has 1 N–H and O–H groups in total. The summed E-state index contributed by atoms with van der Waals surface area (Å²) in [5.41, 5.74) is 0. The van der Waals surface area contributed by atoms with Crippen molar-refractivity contribution in [1.29, 1.82) is 0 Å². The van der Waals surface area contributed by atoms with Crippen LogP contribution in [0.1, 0.15) is 103 Å². The van der Waals surface area contributed by atoms with E-state index in [2.05, 4.69) is 19.1 Å². The SMILES string of the molecule is CCCCCCC=CCCCCCCCCCC/C=C\O. The lowest BCUT2D eigenvalue weighted by Crippen LogP contribution is -1.81. The highest BCUT2D eigenvalue weighted by atomic mass is 16.2. The van der Waals surface area contributed by atoms with Crippen LogP contribution in [0.3, 0.4) is 0 Å². The van der Waals surface area contributed by atoms with Gasteiger partial charge in [0.2, 0.25) is 0 Å². The minimum Gasteiger partial charge on any atom is -0.516 e. The first-order valence-electron chi connectivity index (χ1n) is 9.36. The standard InChI is InChI=1S/C20H38O/c1-2-3-4-5-6-7-8-9-10-11-12-13-14-15-16-17-18-19-20-21/h7-8,19-21H,2-6,9-18H2,1H3/b8-7?,20-19-. The van der Waals surface area contributed by atoms with Gasteiger partial charge in [0.05, 0.1) is 6.26 Å². The van der Waals surface area contributed by atoms with E-state index in [9.17, 15) is 0 Å². The van der Waals surface area contributed by atoms with Crippen molar-refractivity contribution in [2.75, 3.05) is 0 Å². The second kappa shape index (κ2) is 19.3. The van der Waals surface area contributed by atoms with E-state index in [1.165, 1.54) is 96.2 Å². The van der Waals surface area contributed by atoms with Gasteiger partial charge in [0.1, 0.15) is 0 Å². The average molecular weight is 295 g/mol. The van der Waals surface area contributed by atoms with Crippen LogP contribution in [-0.4, -0.2) is 5.11 Å². The van der Waals surface area contributed by atoms with Crippen molar-refractivity contribution in [3.63, 3.8) is 0 Å². The third-order valence-electron chi connectivity index (χ3n) is 3.99. The number of aliphatic hydroxyl groups is 1. The summed E-state index contributed by atoms with van der Waals surface area (Å²) in [5, 5.41) is 8.51. The number of unbranched alkanes of at least 4 members (excludes halogenated alkanes) is 13. The summed E-state index contributed by atoms with van der Waals surface area (Å²) in [5.74, 6) is 0. The van der Waals surface area contributed by atoms with Gasteiger partial charge in [-0.15, -0.1) is 0 Å². The lowest BCUT2D eigenvalue weighted by Gasteiger charge is -2.00. The van der Waals surface area contributed by atoms with Gasteiger partial charge in [-0.3, -0.25) is 0 Å². The molecule has 0 unspecified atom stereocenters. The van der Waals surface area contributed by atoms with Crippen molar-refractivity contribution in [1.82, 2.24) is 0 Å². The first-order chi connectivity index (χ1) is 10.4. The van der Waals surface area contributed by atoms with Crippen molar-refractivity contribution in [2.24, 2.45) is 0 Å². The molecule has 0 radical (unpaired) electrons. The number of aliphatic hydroxyl groups excluding tert-OH is 1. The largest absolute Gasteiger partial charge is 0.516 e. The van der Waals surface area contributed by atoms with Crippen LogP contribution in [-0.2, 0) is 0 Å². The molecular weight excluding hydrogens is 256 g/mol. The second-order valence-electron chi connectivity index (χ2n) is 6.11. The zero-order valence-corrected chi connectivity index (χ0v) is 14.4. The van der Waals surface area contributed by atoms with Crippen LogP contribution < -0.4 is 0 Å². The van der Waals surface area contributed by atoms with E-state index in [0.29, 0.717) is 0 Å². The summed E-state index contributed by atoms with van der Waals surface area (Å²) < 4.78 is 0. The van der Waals surface area contributed by atoms with Gasteiger partial charge in [0.15, 0.2) is 0 Å². The molecule has 0 rings (SSSR count). The minimum absolute atomic E-state index is 1.03. The molecule has 0 aliphatic rings. The molecule has 1 nitrogen and oxygen atoms in total. The van der Waals surface area contributed by atoms with Crippen molar-refractivity contribution in [3.8, 4) is 0 Å². The van der Waals surface area contributed by atoms with Crippen molar-refractivity contribution in [3.05, 3.63) is 24.5 Å². The Balaban J connectivity index is 3.03. The molecule has 0 spiro atoms. The average Bonchev–Trinajstić information content (AvgIpc) is 2.50. The van der Waals surface area contributed by atoms with Gasteiger partial charge in [0.25, 0.3) is 0 Å². The summed E-state index contributed by atoms with van der Waals surface area (Å²) in [6, 6.07) is 0. The second-order valence-corrected chi connectivity index (χ2v) is 6.11. The third kappa shape index (κ3) is 19.3. The first-order valence-corrected chi connectivity index (χ1v) is 9.36. The Kier molecular flexibility index (Phi) is 18.6. The lowest BCUT2D eigenvalue weighted by atomic mass is 10.1. The Bertz CT molecular complexity index is 230. The zero-order valence-electron chi connectivity index (χ0n) is 14.4. The Labute approximate surface area is 133 Å². The maximum atomic E-state index is 8.51. The first kappa shape index (κ1) is 20.3. The molecule has 0 aromatic rings. The van der Waals surface area contributed by atoms with Crippen LogP contribution in [0.4, 0.5) is 0 Å². The summed E-state index contributed by atoms with van der Waals surface area (Å²) in [4.78, 5) is 0. The highest BCUT2D eigenvalue weighted by Crippen LogP contribution is 2.11. The van der Waals surface area contributed by atoms with Gasteiger partial charge in [-0.2, -0.15) is 0 Å². The lowest BCUT2D eigenvalue weighted by molar-refractivity contribution is 0.469. The van der Waals surface area contributed by atoms with E-state index in [4.69, 9.17) is 5.11 Å². The van der Waals surface area contributed by atoms with Gasteiger partial charge < -0.3 is 5.11 Å². The molecule has 0 saturated carbocycles. The summed E-state index contributed by atoms with van der Waals surface area (Å²) in [6.45, 7) is 2.27. The number of rotatable bonds is 16. The molecule has 0 aliphatic carbocycles. The fraction of sp³-hybridized carbons (Fsp3) is 0.800. The van der Waals surface area contributed by atoms with E-state index in [1.54, 1.807) is 0 Å². The molecule has 0 heterocycles. The molecule has 0 bridgehead atoms. The van der Waals surface area contributed by atoms with Crippen LogP contribution >= 0.6 is 0 Å². The number of allylic oxidation sites excluding steroid dienone is 3. The normalized spacial score (nSPS) is 11.9. The monoisotopic (exact) mass is 294 g/mol. The highest BCUT2D eigenvalue weighted by Gasteiger charge is 1.91. The highest BCUT2D eigenvalue weighted by molar-refractivity contribution is 4.81. The Hall–Kier alpha value is -0.720. The molecule has 0 saturated heterocycles. The number of hydrogen-bond donors (Lipinski definition) is 1. The van der Waals surface area contributed by atoms with Crippen LogP contribution in [0, 0.1) is 0 Å². The molecule has 0 aliphatic heterocycles. The molecule has 0 fully saturated rings. The molecule has 0 amide bonds. The minimum atomic E-state index is 1.03. The van der Waals surface area contributed by atoms with Gasteiger partial charge >= 0.3 is 0 Å².